The van der Waals surface area contributed by atoms with E-state index in [0.29, 0.717) is 15.8 Å². The fourth-order valence-electron chi connectivity index (χ4n) is 2.01. The van der Waals surface area contributed by atoms with Crippen LogP contribution >= 0.6 is 0 Å². The number of nitrogens with one attached hydrogen (secondary N) is 1. The lowest BCUT2D eigenvalue weighted by Gasteiger charge is -2.11. The van der Waals surface area contributed by atoms with Gasteiger partial charge in [-0.15, -0.1) is 0 Å². The van der Waals surface area contributed by atoms with E-state index in [1.165, 1.54) is 18.2 Å². The summed E-state index contributed by atoms with van der Waals surface area (Å²) in [4.78, 5) is 35.4. The summed E-state index contributed by atoms with van der Waals surface area (Å²) in [5.74, 6) is -0.676. The molecular formula is C15H11F3N4O3. The highest BCUT2D eigenvalue weighted by atomic mass is 19.4. The molecule has 0 saturated carbocycles. The second-order valence-electron chi connectivity index (χ2n) is 5.02. The van der Waals surface area contributed by atoms with Gasteiger partial charge in [-0.25, -0.2) is 0 Å². The fourth-order valence-corrected chi connectivity index (χ4v) is 2.01. The molecule has 0 radical (unpaired) electrons. The minimum atomic E-state index is -4.65. The number of hydrogen-bond donors (Lipinski definition) is 1. The normalized spacial score (nSPS) is 11.0. The third-order valence-electron chi connectivity index (χ3n) is 3.07. The average Bonchev–Trinajstić information content (AvgIpc) is 2.53. The van der Waals surface area contributed by atoms with Crippen molar-refractivity contribution in [3.8, 4) is 6.07 Å². The van der Waals surface area contributed by atoms with Gasteiger partial charge in [0.05, 0.1) is 11.6 Å². The number of hydrogen-bond acceptors (Lipinski definition) is 4. The average molecular weight is 352 g/mol. The molecule has 7 nitrogen and oxygen atoms in total. The van der Waals surface area contributed by atoms with Crippen molar-refractivity contribution in [3.05, 3.63) is 62.9 Å². The molecule has 1 heterocycles. The van der Waals surface area contributed by atoms with E-state index >= 15 is 0 Å². The molecule has 0 unspecified atom stereocenters. The zero-order valence-electron chi connectivity index (χ0n) is 12.6. The molecule has 0 aliphatic carbocycles. The zero-order valence-corrected chi connectivity index (χ0v) is 12.6. The molecular weight excluding hydrogens is 341 g/mol. The van der Waals surface area contributed by atoms with Gasteiger partial charge in [0.2, 0.25) is 5.91 Å². The van der Waals surface area contributed by atoms with Gasteiger partial charge in [-0.1, -0.05) is 6.07 Å². The molecule has 0 saturated heterocycles. The van der Waals surface area contributed by atoms with Gasteiger partial charge in [-0.2, -0.15) is 18.4 Å². The summed E-state index contributed by atoms with van der Waals surface area (Å²) in [7, 11) is 0. The van der Waals surface area contributed by atoms with Crippen molar-refractivity contribution in [2.24, 2.45) is 0 Å². The molecule has 25 heavy (non-hydrogen) atoms. The number of amides is 1. The third kappa shape index (κ3) is 4.81. The lowest BCUT2D eigenvalue weighted by atomic mass is 10.2. The van der Waals surface area contributed by atoms with Crippen LogP contribution in [0.4, 0.5) is 18.9 Å². The Balaban J connectivity index is 2.16. The maximum Gasteiger partial charge on any atom is 0.406 e. The number of benzene rings is 1. The molecule has 0 aliphatic rings. The Morgan fingerprint density at radius 3 is 2.44 bits per heavy atom. The van der Waals surface area contributed by atoms with E-state index in [2.05, 4.69) is 5.32 Å². The Bertz CT molecular complexity index is 954. The van der Waals surface area contributed by atoms with Crippen LogP contribution in [0, 0.1) is 11.3 Å². The number of nitrogens with zero attached hydrogens (tertiary/aromatic N) is 3. The number of carbonyl (C=O) groups is 1. The van der Waals surface area contributed by atoms with E-state index < -0.39 is 36.3 Å². The second-order valence-corrected chi connectivity index (χ2v) is 5.02. The van der Waals surface area contributed by atoms with E-state index in [1.807, 2.05) is 6.07 Å². The van der Waals surface area contributed by atoms with Crippen molar-refractivity contribution in [2.75, 3.05) is 5.32 Å². The van der Waals surface area contributed by atoms with E-state index in [-0.39, 0.29) is 4.57 Å². The van der Waals surface area contributed by atoms with Crippen molar-refractivity contribution in [1.82, 2.24) is 9.13 Å². The van der Waals surface area contributed by atoms with E-state index in [1.54, 1.807) is 6.07 Å². The molecule has 0 atom stereocenters. The first kappa shape index (κ1) is 18.0. The number of anilines is 1. The van der Waals surface area contributed by atoms with Crippen LogP contribution in [-0.4, -0.2) is 21.2 Å². The number of halogens is 3. The summed E-state index contributed by atoms with van der Waals surface area (Å²) in [6, 6.07) is 7.88. The van der Waals surface area contributed by atoms with Crippen LogP contribution < -0.4 is 16.4 Å². The van der Waals surface area contributed by atoms with Crippen molar-refractivity contribution < 1.29 is 18.0 Å². The molecule has 0 spiro atoms. The molecule has 0 fully saturated rings. The van der Waals surface area contributed by atoms with Crippen LogP contribution in [0.25, 0.3) is 0 Å². The highest BCUT2D eigenvalue weighted by Gasteiger charge is 2.28. The van der Waals surface area contributed by atoms with Crippen LogP contribution in [0.15, 0.2) is 46.2 Å². The molecule has 1 aromatic heterocycles. The number of carbonyl (C=O) groups excluding carboxylic acids is 1. The Kier molecular flexibility index (Phi) is 5.07. The zero-order chi connectivity index (χ0) is 18.6. The van der Waals surface area contributed by atoms with Crippen LogP contribution in [-0.2, 0) is 17.9 Å². The maximum atomic E-state index is 12.3. The fraction of sp³-hybridized carbons (Fsp3) is 0.200. The topological polar surface area (TPSA) is 96.9 Å². The van der Waals surface area contributed by atoms with Crippen LogP contribution in [0.5, 0.6) is 0 Å². The van der Waals surface area contributed by atoms with Gasteiger partial charge in [0, 0.05) is 18.1 Å². The molecule has 2 aromatic rings. The van der Waals surface area contributed by atoms with Crippen molar-refractivity contribution in [1.29, 1.82) is 5.26 Å². The number of aromatic nitrogens is 2. The summed E-state index contributed by atoms with van der Waals surface area (Å²) < 4.78 is 37.9. The van der Waals surface area contributed by atoms with Gasteiger partial charge in [-0.05, 0) is 18.2 Å². The van der Waals surface area contributed by atoms with E-state index in [9.17, 15) is 27.6 Å². The van der Waals surface area contributed by atoms with Crippen LogP contribution in [0.2, 0.25) is 0 Å². The Hall–Kier alpha value is -3.35. The first-order valence-corrected chi connectivity index (χ1v) is 6.86. The van der Waals surface area contributed by atoms with Gasteiger partial charge in [0.15, 0.2) is 0 Å². The van der Waals surface area contributed by atoms with Gasteiger partial charge in [0.1, 0.15) is 13.1 Å². The van der Waals surface area contributed by atoms with Crippen LogP contribution in [0.1, 0.15) is 5.56 Å². The minimum absolute atomic E-state index is 0.229. The second kappa shape index (κ2) is 7.04. The summed E-state index contributed by atoms with van der Waals surface area (Å²) in [5.41, 5.74) is -2.00. The lowest BCUT2D eigenvalue weighted by molar-refractivity contribution is -0.141. The lowest BCUT2D eigenvalue weighted by Crippen LogP contribution is -2.43. The largest absolute Gasteiger partial charge is 0.406 e. The summed E-state index contributed by atoms with van der Waals surface area (Å²) >= 11 is 0. The van der Waals surface area contributed by atoms with E-state index in [0.717, 1.165) is 12.4 Å². The third-order valence-corrected chi connectivity index (χ3v) is 3.07. The Morgan fingerprint density at radius 1 is 1.16 bits per heavy atom. The summed E-state index contributed by atoms with van der Waals surface area (Å²) in [6.07, 6.45) is -2.92. The predicted molar refractivity (Wildman–Crippen MR) is 80.8 cm³/mol. The Labute approximate surface area is 138 Å². The molecule has 2 rings (SSSR count). The standard InChI is InChI=1S/C15H11F3N4O3/c16-15(17,18)9-22-5-4-21(13(24)14(22)25)8-12(23)20-11-3-1-2-10(6-11)7-19/h1-6H,8-9H2,(H,20,23). The van der Waals surface area contributed by atoms with E-state index in [4.69, 9.17) is 5.26 Å². The minimum Gasteiger partial charge on any atom is -0.324 e. The van der Waals surface area contributed by atoms with Crippen molar-refractivity contribution >= 4 is 11.6 Å². The molecule has 0 aliphatic heterocycles. The molecule has 10 heteroatoms. The molecule has 1 amide bonds. The molecule has 130 valence electrons. The monoisotopic (exact) mass is 352 g/mol. The smallest absolute Gasteiger partial charge is 0.324 e. The Morgan fingerprint density at radius 2 is 1.80 bits per heavy atom. The summed E-state index contributed by atoms with van der Waals surface area (Å²) in [5, 5.41) is 11.2. The molecule has 1 N–H and O–H groups in total. The van der Waals surface area contributed by atoms with Gasteiger partial charge in [0.25, 0.3) is 0 Å². The first-order chi connectivity index (χ1) is 11.7. The quantitative estimate of drug-likeness (QED) is 0.833. The van der Waals surface area contributed by atoms with Crippen LogP contribution in [0.3, 0.4) is 0 Å². The van der Waals surface area contributed by atoms with Crippen molar-refractivity contribution in [2.45, 2.75) is 19.3 Å². The highest BCUT2D eigenvalue weighted by Crippen LogP contribution is 2.15. The predicted octanol–water partition coefficient (Wildman–Crippen LogP) is 1.08. The van der Waals surface area contributed by atoms with Gasteiger partial charge < -0.3 is 9.88 Å². The molecule has 0 bridgehead atoms. The SMILES string of the molecule is N#Cc1cccc(NC(=O)Cn2ccn(CC(F)(F)F)c(=O)c2=O)c1. The summed E-state index contributed by atoms with van der Waals surface area (Å²) in [6.45, 7) is -2.15. The maximum absolute atomic E-state index is 12.3. The van der Waals surface area contributed by atoms with Gasteiger partial charge in [-0.3, -0.25) is 19.0 Å². The number of rotatable bonds is 4. The number of alkyl halides is 3. The highest BCUT2D eigenvalue weighted by molar-refractivity contribution is 5.90. The number of nitriles is 1. The van der Waals surface area contributed by atoms with Gasteiger partial charge >= 0.3 is 17.3 Å². The molecule has 1 aromatic carbocycles. The van der Waals surface area contributed by atoms with Crippen molar-refractivity contribution in [3.63, 3.8) is 0 Å². The first-order valence-electron chi connectivity index (χ1n) is 6.86.